The van der Waals surface area contributed by atoms with Crippen molar-refractivity contribution in [3.8, 4) is 11.5 Å². The minimum absolute atomic E-state index is 0.0967. The highest BCUT2D eigenvalue weighted by atomic mass is 16.5. The van der Waals surface area contributed by atoms with Crippen LogP contribution in [0.25, 0.3) is 0 Å². The van der Waals surface area contributed by atoms with Gasteiger partial charge >= 0.3 is 5.97 Å². The molecule has 1 atom stereocenters. The van der Waals surface area contributed by atoms with Gasteiger partial charge in [0.25, 0.3) is 0 Å². The topological polar surface area (TPSA) is 94.4 Å². The van der Waals surface area contributed by atoms with Crippen LogP contribution in [0.5, 0.6) is 11.5 Å². The Hall–Kier alpha value is -2.83. The number of ketones is 1. The van der Waals surface area contributed by atoms with Crippen molar-refractivity contribution in [2.24, 2.45) is 16.3 Å². The molecule has 1 aliphatic carbocycles. The Kier molecular flexibility index (Phi) is 7.06. The number of aliphatic hydroxyl groups excluding tert-OH is 1. The van der Waals surface area contributed by atoms with Gasteiger partial charge in [0, 0.05) is 12.5 Å². The van der Waals surface area contributed by atoms with E-state index in [1.807, 2.05) is 20.8 Å². The quantitative estimate of drug-likeness (QED) is 0.687. The molecule has 0 aliphatic heterocycles. The molecule has 0 amide bonds. The molecule has 1 unspecified atom stereocenters. The summed E-state index contributed by atoms with van der Waals surface area (Å²) in [6.45, 7) is 5.56. The van der Waals surface area contributed by atoms with Crippen LogP contribution in [-0.4, -0.2) is 43.9 Å². The zero-order chi connectivity index (χ0) is 21.8. The molecular weight excluding hydrogens is 374 g/mol. The third-order valence-corrected chi connectivity index (χ3v) is 5.06. The minimum atomic E-state index is -0.931. The van der Waals surface area contributed by atoms with Gasteiger partial charge in [0.2, 0.25) is 0 Å². The number of aliphatic imine (C=N–C) groups is 1. The number of rotatable bonds is 7. The number of carbonyl (C=O) groups excluding carboxylic acids is 2. The monoisotopic (exact) mass is 403 g/mol. The fourth-order valence-corrected chi connectivity index (χ4v) is 3.61. The predicted octanol–water partition coefficient (Wildman–Crippen LogP) is 4.18. The number of hydrogen-bond donors (Lipinski definition) is 1. The summed E-state index contributed by atoms with van der Waals surface area (Å²) in [6, 6.07) is 5.16. The second-order valence-electron chi connectivity index (χ2n) is 7.65. The standard InChI is InChI=1S/C22H29NO6/c1-7-8-16(24)18-15(12-22(2,3)19(20(18)25)21(26)29-6)23-14-10-9-13(27-4)11-17(14)28-5/h9-11,19,25H,7-8,12H2,1-6H3. The summed E-state index contributed by atoms with van der Waals surface area (Å²) in [7, 11) is 4.34. The number of methoxy groups -OCH3 is 3. The van der Waals surface area contributed by atoms with E-state index in [1.165, 1.54) is 14.2 Å². The fraction of sp³-hybridized carbons (Fsp3) is 0.500. The number of nitrogens with zero attached hydrogens (tertiary/aromatic N) is 1. The first-order valence-electron chi connectivity index (χ1n) is 9.54. The second-order valence-corrected chi connectivity index (χ2v) is 7.65. The molecule has 0 fully saturated rings. The lowest BCUT2D eigenvalue weighted by atomic mass is 9.67. The average Bonchev–Trinajstić information content (AvgIpc) is 2.67. The Labute approximate surface area is 171 Å². The summed E-state index contributed by atoms with van der Waals surface area (Å²) in [5.41, 5.74) is 0.338. The van der Waals surface area contributed by atoms with Gasteiger partial charge in [-0.3, -0.25) is 9.59 Å². The van der Waals surface area contributed by atoms with E-state index in [-0.39, 0.29) is 23.5 Å². The normalized spacial score (nSPS) is 19.8. The molecule has 2 rings (SSSR count). The molecule has 0 radical (unpaired) electrons. The van der Waals surface area contributed by atoms with Gasteiger partial charge in [0.05, 0.1) is 32.6 Å². The van der Waals surface area contributed by atoms with Gasteiger partial charge in [-0.05, 0) is 30.4 Å². The highest BCUT2D eigenvalue weighted by Gasteiger charge is 2.47. The first-order valence-corrected chi connectivity index (χ1v) is 9.54. The zero-order valence-corrected chi connectivity index (χ0v) is 17.9. The van der Waals surface area contributed by atoms with Crippen molar-refractivity contribution < 1.29 is 28.9 Å². The van der Waals surface area contributed by atoms with Crippen LogP contribution in [0.1, 0.15) is 40.0 Å². The molecule has 0 heterocycles. The summed E-state index contributed by atoms with van der Waals surface area (Å²) in [5.74, 6) is -0.943. The fourth-order valence-electron chi connectivity index (χ4n) is 3.61. The SMILES string of the molecule is CCCC(=O)C1=C(O)C(C(=O)OC)C(C)(C)CC1=Nc1ccc(OC)cc1OC. The van der Waals surface area contributed by atoms with Crippen LogP contribution >= 0.6 is 0 Å². The molecule has 7 heteroatoms. The van der Waals surface area contributed by atoms with Crippen LogP contribution in [0, 0.1) is 11.3 Å². The molecule has 0 bridgehead atoms. The number of Topliss-reactive ketones (excluding diaryl/α,β-unsaturated/α-hetero) is 1. The van der Waals surface area contributed by atoms with E-state index in [0.717, 1.165) is 0 Å². The molecule has 0 saturated heterocycles. The molecule has 0 aromatic heterocycles. The van der Waals surface area contributed by atoms with Crippen molar-refractivity contribution in [3.63, 3.8) is 0 Å². The molecule has 0 saturated carbocycles. The number of ether oxygens (including phenoxy) is 3. The third kappa shape index (κ3) is 4.60. The number of hydrogen-bond acceptors (Lipinski definition) is 7. The highest BCUT2D eigenvalue weighted by Crippen LogP contribution is 2.44. The molecule has 0 spiro atoms. The van der Waals surface area contributed by atoms with E-state index in [0.29, 0.717) is 35.7 Å². The Bertz CT molecular complexity index is 853. The predicted molar refractivity (Wildman–Crippen MR) is 110 cm³/mol. The van der Waals surface area contributed by atoms with Gasteiger partial charge in [-0.25, -0.2) is 4.99 Å². The molecule has 1 N–H and O–H groups in total. The van der Waals surface area contributed by atoms with Crippen LogP contribution < -0.4 is 9.47 Å². The number of allylic oxidation sites excluding steroid dienone is 1. The van der Waals surface area contributed by atoms with Gasteiger partial charge in [-0.15, -0.1) is 0 Å². The van der Waals surface area contributed by atoms with Gasteiger partial charge in [0.1, 0.15) is 28.9 Å². The third-order valence-electron chi connectivity index (χ3n) is 5.06. The molecule has 29 heavy (non-hydrogen) atoms. The molecule has 1 aliphatic rings. The number of esters is 1. The van der Waals surface area contributed by atoms with E-state index in [9.17, 15) is 14.7 Å². The minimum Gasteiger partial charge on any atom is -0.511 e. The highest BCUT2D eigenvalue weighted by molar-refractivity contribution is 6.24. The van der Waals surface area contributed by atoms with E-state index < -0.39 is 17.3 Å². The Morgan fingerprint density at radius 1 is 1.21 bits per heavy atom. The first-order chi connectivity index (χ1) is 13.7. The van der Waals surface area contributed by atoms with Crippen molar-refractivity contribution >= 4 is 23.2 Å². The van der Waals surface area contributed by atoms with Crippen LogP contribution in [0.2, 0.25) is 0 Å². The maximum atomic E-state index is 12.8. The lowest BCUT2D eigenvalue weighted by Gasteiger charge is -2.37. The largest absolute Gasteiger partial charge is 0.511 e. The molecule has 7 nitrogen and oxygen atoms in total. The summed E-state index contributed by atoms with van der Waals surface area (Å²) in [4.78, 5) is 29.8. The van der Waals surface area contributed by atoms with Gasteiger partial charge in [-0.1, -0.05) is 20.8 Å². The van der Waals surface area contributed by atoms with Crippen LogP contribution in [-0.2, 0) is 14.3 Å². The van der Waals surface area contributed by atoms with Crippen molar-refractivity contribution in [3.05, 3.63) is 29.5 Å². The average molecular weight is 403 g/mol. The summed E-state index contributed by atoms with van der Waals surface area (Å²) < 4.78 is 15.5. The maximum absolute atomic E-state index is 12.8. The Balaban J connectivity index is 2.68. The lowest BCUT2D eigenvalue weighted by Crippen LogP contribution is -2.41. The van der Waals surface area contributed by atoms with Crippen LogP contribution in [0.15, 0.2) is 34.5 Å². The smallest absolute Gasteiger partial charge is 0.316 e. The van der Waals surface area contributed by atoms with Crippen molar-refractivity contribution in [2.45, 2.75) is 40.0 Å². The molecule has 158 valence electrons. The van der Waals surface area contributed by atoms with Crippen molar-refractivity contribution in [1.82, 2.24) is 0 Å². The van der Waals surface area contributed by atoms with Gasteiger partial charge in [-0.2, -0.15) is 0 Å². The zero-order valence-electron chi connectivity index (χ0n) is 17.9. The van der Waals surface area contributed by atoms with Crippen LogP contribution in [0.3, 0.4) is 0 Å². The second kappa shape index (κ2) is 9.11. The van der Waals surface area contributed by atoms with Gasteiger partial charge < -0.3 is 19.3 Å². The molecular formula is C22H29NO6. The van der Waals surface area contributed by atoms with Crippen molar-refractivity contribution in [2.75, 3.05) is 21.3 Å². The first kappa shape index (κ1) is 22.5. The number of benzene rings is 1. The van der Waals surface area contributed by atoms with E-state index >= 15 is 0 Å². The van der Waals surface area contributed by atoms with Gasteiger partial charge in [0.15, 0.2) is 5.78 Å². The van der Waals surface area contributed by atoms with E-state index in [2.05, 4.69) is 4.99 Å². The van der Waals surface area contributed by atoms with E-state index in [4.69, 9.17) is 14.2 Å². The number of aliphatic hydroxyl groups is 1. The summed E-state index contributed by atoms with van der Waals surface area (Å²) >= 11 is 0. The maximum Gasteiger partial charge on any atom is 0.316 e. The van der Waals surface area contributed by atoms with E-state index in [1.54, 1.807) is 25.3 Å². The lowest BCUT2D eigenvalue weighted by molar-refractivity contribution is -0.149. The summed E-state index contributed by atoms with van der Waals surface area (Å²) in [6.07, 6.45) is 1.17. The Morgan fingerprint density at radius 3 is 2.45 bits per heavy atom. The van der Waals surface area contributed by atoms with Crippen LogP contribution in [0.4, 0.5) is 5.69 Å². The summed E-state index contributed by atoms with van der Waals surface area (Å²) in [5, 5.41) is 10.9. The number of carbonyl (C=O) groups is 2. The molecule has 1 aromatic rings. The Morgan fingerprint density at radius 2 is 1.90 bits per heavy atom. The molecule has 1 aromatic carbocycles. The van der Waals surface area contributed by atoms with Crippen molar-refractivity contribution in [1.29, 1.82) is 0 Å².